The number of carbonyl (C=O) groups excluding carboxylic acids is 4. The van der Waals surface area contributed by atoms with E-state index in [0.29, 0.717) is 26.7 Å². The van der Waals surface area contributed by atoms with Crippen molar-refractivity contribution >= 4 is 63.9 Å². The molecule has 4 atom stereocenters. The van der Waals surface area contributed by atoms with Gasteiger partial charge in [-0.1, -0.05) is 71.2 Å². The monoisotopic (exact) mass is 576 g/mol. The minimum atomic E-state index is -0.996. The van der Waals surface area contributed by atoms with Crippen molar-refractivity contribution in [3.05, 3.63) is 123 Å². The molecule has 9 heteroatoms. The van der Waals surface area contributed by atoms with Gasteiger partial charge in [0.25, 0.3) is 0 Å². The van der Waals surface area contributed by atoms with E-state index in [9.17, 15) is 19.2 Å². The topological polar surface area (TPSA) is 74.8 Å². The van der Waals surface area contributed by atoms with Crippen LogP contribution in [0.25, 0.3) is 0 Å². The fraction of sp³-hybridized carbons (Fsp3) is 0.133. The number of hydrogen-bond acceptors (Lipinski definition) is 5. The molecule has 3 aliphatic heterocycles. The largest absolute Gasteiger partial charge is 0.359 e. The first-order valence-electron chi connectivity index (χ1n) is 12.2. The Morgan fingerprint density at radius 1 is 0.744 bits per heavy atom. The van der Waals surface area contributed by atoms with Gasteiger partial charge in [0.2, 0.25) is 11.8 Å². The lowest BCUT2D eigenvalue weighted by Gasteiger charge is -2.33. The van der Waals surface area contributed by atoms with Crippen molar-refractivity contribution in [2.75, 3.05) is 4.90 Å². The molecule has 0 bridgehead atoms. The summed E-state index contributed by atoms with van der Waals surface area (Å²) < 4.78 is 0. The first-order valence-corrected chi connectivity index (χ1v) is 13.3. The Kier molecular flexibility index (Phi) is 6.42. The Hall–Kier alpha value is -3.71. The van der Waals surface area contributed by atoms with Crippen LogP contribution in [0.1, 0.15) is 20.7 Å². The van der Waals surface area contributed by atoms with E-state index in [0.717, 1.165) is 4.90 Å². The van der Waals surface area contributed by atoms with E-state index in [-0.39, 0.29) is 22.3 Å². The molecule has 39 heavy (non-hydrogen) atoms. The first kappa shape index (κ1) is 25.6. The molecule has 3 aromatic rings. The fourth-order valence-corrected chi connectivity index (χ4v) is 6.26. The van der Waals surface area contributed by atoms with Gasteiger partial charge in [-0.2, -0.15) is 0 Å². The molecule has 2 amide bonds. The molecule has 0 unspecified atom stereocenters. The van der Waals surface area contributed by atoms with Gasteiger partial charge in [-0.3, -0.25) is 19.2 Å². The summed E-state index contributed by atoms with van der Waals surface area (Å²) in [5, 5.41) is 0.962. The molecule has 3 aliphatic rings. The molecule has 2 saturated heterocycles. The van der Waals surface area contributed by atoms with Gasteiger partial charge in [0.15, 0.2) is 11.6 Å². The quantitative estimate of drug-likeness (QED) is 0.274. The maximum atomic E-state index is 13.9. The third-order valence-electron chi connectivity index (χ3n) is 7.39. The van der Waals surface area contributed by atoms with Gasteiger partial charge in [-0.05, 0) is 48.5 Å². The highest BCUT2D eigenvalue weighted by Gasteiger charge is 2.63. The van der Waals surface area contributed by atoms with E-state index >= 15 is 0 Å². The number of Topliss-reactive ketones (excluding diaryl/α,β-unsaturated/α-hetero) is 2. The van der Waals surface area contributed by atoms with Crippen LogP contribution in [0, 0.1) is 11.8 Å². The van der Waals surface area contributed by atoms with Crippen molar-refractivity contribution in [2.45, 2.75) is 12.1 Å². The molecule has 194 valence electrons. The number of halogens is 3. The molecule has 0 saturated carbocycles. The van der Waals surface area contributed by atoms with Gasteiger partial charge >= 0.3 is 0 Å². The summed E-state index contributed by atoms with van der Waals surface area (Å²) in [6.45, 7) is 0. The van der Waals surface area contributed by atoms with Crippen molar-refractivity contribution in [3.8, 4) is 0 Å². The minimum Gasteiger partial charge on any atom is -0.359 e. The van der Waals surface area contributed by atoms with Crippen LogP contribution in [0.2, 0.25) is 15.1 Å². The molecule has 0 aliphatic carbocycles. The average molecular weight is 578 g/mol. The lowest BCUT2D eigenvalue weighted by molar-refractivity contribution is -0.123. The Bertz CT molecular complexity index is 1600. The van der Waals surface area contributed by atoms with Crippen LogP contribution in [-0.4, -0.2) is 40.4 Å². The highest BCUT2D eigenvalue weighted by molar-refractivity contribution is 6.38. The summed E-state index contributed by atoms with van der Waals surface area (Å²) in [4.78, 5) is 57.7. The Balaban J connectivity index is 1.44. The molecule has 6 rings (SSSR count). The van der Waals surface area contributed by atoms with Crippen LogP contribution in [0.3, 0.4) is 0 Å². The third kappa shape index (κ3) is 4.20. The maximum absolute atomic E-state index is 13.9. The van der Waals surface area contributed by atoms with Crippen LogP contribution in [-0.2, 0) is 9.59 Å². The van der Waals surface area contributed by atoms with Crippen LogP contribution >= 0.6 is 34.8 Å². The number of benzene rings is 3. The van der Waals surface area contributed by atoms with Gasteiger partial charge in [0.1, 0.15) is 6.04 Å². The second-order valence-corrected chi connectivity index (χ2v) is 10.8. The Morgan fingerprint density at radius 3 is 2.10 bits per heavy atom. The lowest BCUT2D eigenvalue weighted by atomic mass is 9.85. The Labute approximate surface area is 239 Å². The van der Waals surface area contributed by atoms with Crippen molar-refractivity contribution in [2.24, 2.45) is 11.8 Å². The summed E-state index contributed by atoms with van der Waals surface area (Å²) in [5.74, 6) is -3.48. The highest BCUT2D eigenvalue weighted by atomic mass is 35.5. The first-order chi connectivity index (χ1) is 18.8. The number of imide groups is 1. The van der Waals surface area contributed by atoms with Gasteiger partial charge in [0, 0.05) is 32.9 Å². The molecule has 3 aromatic carbocycles. The summed E-state index contributed by atoms with van der Waals surface area (Å²) in [6, 6.07) is 18.0. The molecule has 0 N–H and O–H groups in total. The van der Waals surface area contributed by atoms with E-state index in [1.54, 1.807) is 77.8 Å². The predicted octanol–water partition coefficient (Wildman–Crippen LogP) is 6.02. The molecular weight excluding hydrogens is 559 g/mol. The predicted molar refractivity (Wildman–Crippen MR) is 149 cm³/mol. The molecule has 3 heterocycles. The molecule has 0 spiro atoms. The summed E-state index contributed by atoms with van der Waals surface area (Å²) >= 11 is 18.5. The molecule has 6 nitrogen and oxygen atoms in total. The van der Waals surface area contributed by atoms with E-state index in [2.05, 4.69) is 0 Å². The SMILES string of the molecule is O=C(C1=C[C@@H]2[C@H]3C(=O)N(c4ccc(Cl)cc4Cl)C(=O)[C@H]3[C@@H](C(=O)c3ccc(Cl)cc3)N2C=C1)c1ccccc1. The van der Waals surface area contributed by atoms with Crippen LogP contribution in [0.4, 0.5) is 5.69 Å². The number of rotatable bonds is 5. The number of fused-ring (bicyclic) bond motifs is 3. The number of amides is 2. The number of ketones is 2. The molecular formula is C30H19Cl3N2O4. The van der Waals surface area contributed by atoms with Gasteiger partial charge in [-0.25, -0.2) is 4.90 Å². The van der Waals surface area contributed by atoms with E-state index < -0.39 is 35.7 Å². The lowest BCUT2D eigenvalue weighted by Crippen LogP contribution is -2.46. The van der Waals surface area contributed by atoms with E-state index in [1.807, 2.05) is 6.07 Å². The zero-order valence-electron chi connectivity index (χ0n) is 20.1. The second-order valence-electron chi connectivity index (χ2n) is 9.55. The van der Waals surface area contributed by atoms with E-state index in [4.69, 9.17) is 34.8 Å². The number of allylic oxidation sites excluding steroid dienone is 2. The zero-order chi connectivity index (χ0) is 27.4. The summed E-state index contributed by atoms with van der Waals surface area (Å²) in [7, 11) is 0. The van der Waals surface area contributed by atoms with Crippen molar-refractivity contribution in [1.82, 2.24) is 4.90 Å². The maximum Gasteiger partial charge on any atom is 0.240 e. The second kappa shape index (κ2) is 9.79. The fourth-order valence-electron chi connectivity index (χ4n) is 5.64. The van der Waals surface area contributed by atoms with Crippen LogP contribution < -0.4 is 4.90 Å². The smallest absolute Gasteiger partial charge is 0.240 e. The molecule has 0 radical (unpaired) electrons. The zero-order valence-corrected chi connectivity index (χ0v) is 22.4. The minimum absolute atomic E-state index is 0.139. The summed E-state index contributed by atoms with van der Waals surface area (Å²) in [6.07, 6.45) is 4.94. The van der Waals surface area contributed by atoms with Crippen LogP contribution in [0.15, 0.2) is 96.7 Å². The van der Waals surface area contributed by atoms with Crippen molar-refractivity contribution < 1.29 is 19.2 Å². The van der Waals surface area contributed by atoms with Gasteiger partial charge < -0.3 is 4.90 Å². The number of carbonyl (C=O) groups is 4. The number of nitrogens with zero attached hydrogens (tertiary/aromatic N) is 2. The van der Waals surface area contributed by atoms with E-state index in [1.165, 1.54) is 12.1 Å². The average Bonchev–Trinajstić information content (AvgIpc) is 3.40. The third-order valence-corrected chi connectivity index (χ3v) is 8.18. The number of anilines is 1. The standard InChI is InChI=1S/C30H19Cl3N2O4/c31-19-8-6-17(7-9-19)28(37)26-25-24(29(38)35(30(25)39)22-11-10-20(32)15-21(22)33)23-14-18(12-13-34(23)26)27(36)16-4-2-1-3-5-16/h1-15,23-26H/t23-,24-,25-,26+/m1/s1. The van der Waals surface area contributed by atoms with Gasteiger partial charge in [-0.15, -0.1) is 0 Å². The van der Waals surface area contributed by atoms with Crippen molar-refractivity contribution in [3.63, 3.8) is 0 Å². The summed E-state index contributed by atoms with van der Waals surface area (Å²) in [5.41, 5.74) is 1.43. The highest BCUT2D eigenvalue weighted by Crippen LogP contribution is 2.48. The number of hydrogen-bond donors (Lipinski definition) is 0. The van der Waals surface area contributed by atoms with Gasteiger partial charge in [0.05, 0.1) is 28.6 Å². The molecule has 2 fully saturated rings. The Morgan fingerprint density at radius 2 is 1.41 bits per heavy atom. The normalized spacial score (nSPS) is 23.5. The van der Waals surface area contributed by atoms with Crippen molar-refractivity contribution in [1.29, 1.82) is 0 Å². The van der Waals surface area contributed by atoms with Crippen LogP contribution in [0.5, 0.6) is 0 Å². The molecule has 0 aromatic heterocycles.